The largest absolute Gasteiger partial charge is 0.489 e. The van der Waals surface area contributed by atoms with Gasteiger partial charge in [-0.2, -0.15) is 0 Å². The molecule has 0 aliphatic carbocycles. The van der Waals surface area contributed by atoms with E-state index in [0.29, 0.717) is 27.7 Å². The predicted octanol–water partition coefficient (Wildman–Crippen LogP) is 6.70. The third-order valence-corrected chi connectivity index (χ3v) is 5.99. The van der Waals surface area contributed by atoms with Crippen LogP contribution in [0.5, 0.6) is 5.75 Å². The lowest BCUT2D eigenvalue weighted by atomic mass is 10.0. The standard InChI is InChI=1S/C25H13BrClFO5/c26-14-4-7-22-13(8-14)9-18(25(30)33-22)17-11-24(29)32-23-10-15(5-6-16(17)23)31-12-19-20(27)2-1-3-21(19)28/h1-11H,12H2. The van der Waals surface area contributed by atoms with Crippen molar-refractivity contribution in [2.45, 2.75) is 6.61 Å². The Kier molecular flexibility index (Phi) is 5.52. The van der Waals surface area contributed by atoms with Crippen LogP contribution in [0.15, 0.2) is 89.6 Å². The van der Waals surface area contributed by atoms with Gasteiger partial charge in [0.2, 0.25) is 0 Å². The number of fused-ring (bicyclic) bond motifs is 2. The number of ether oxygens (including phenoxy) is 1. The van der Waals surface area contributed by atoms with E-state index in [4.69, 9.17) is 25.2 Å². The Morgan fingerprint density at radius 1 is 0.909 bits per heavy atom. The lowest BCUT2D eigenvalue weighted by Gasteiger charge is -2.10. The molecule has 0 radical (unpaired) electrons. The summed E-state index contributed by atoms with van der Waals surface area (Å²) in [5.74, 6) is -0.136. The van der Waals surface area contributed by atoms with E-state index in [-0.39, 0.29) is 28.3 Å². The summed E-state index contributed by atoms with van der Waals surface area (Å²) in [5, 5.41) is 1.47. The Balaban J connectivity index is 1.58. The number of hydrogen-bond acceptors (Lipinski definition) is 5. The molecule has 0 saturated heterocycles. The molecular formula is C25H13BrClFO5. The molecule has 5 rings (SSSR count). The maximum Gasteiger partial charge on any atom is 0.344 e. The van der Waals surface area contributed by atoms with Gasteiger partial charge in [0.1, 0.15) is 29.3 Å². The number of hydrogen-bond donors (Lipinski definition) is 0. The van der Waals surface area contributed by atoms with Crippen molar-refractivity contribution < 1.29 is 18.0 Å². The first-order valence-corrected chi connectivity index (χ1v) is 10.9. The Morgan fingerprint density at radius 2 is 1.76 bits per heavy atom. The SMILES string of the molecule is O=c1cc(-c2cc3cc(Br)ccc3oc2=O)c2ccc(OCc3c(F)cccc3Cl)cc2o1. The van der Waals surface area contributed by atoms with Crippen molar-refractivity contribution in [3.8, 4) is 16.9 Å². The first kappa shape index (κ1) is 21.4. The minimum atomic E-state index is -0.638. The normalized spacial score (nSPS) is 11.2. The van der Waals surface area contributed by atoms with Gasteiger partial charge in [0.05, 0.1) is 10.6 Å². The van der Waals surface area contributed by atoms with Crippen LogP contribution in [0.2, 0.25) is 5.02 Å². The molecule has 0 N–H and O–H groups in total. The summed E-state index contributed by atoms with van der Waals surface area (Å²) in [6, 6.07) is 17.4. The molecule has 0 aliphatic heterocycles. The van der Waals surface area contributed by atoms with Gasteiger partial charge in [0.25, 0.3) is 0 Å². The highest BCUT2D eigenvalue weighted by Crippen LogP contribution is 2.31. The molecule has 0 spiro atoms. The molecule has 164 valence electrons. The average molecular weight is 528 g/mol. The van der Waals surface area contributed by atoms with E-state index in [2.05, 4.69) is 15.9 Å². The van der Waals surface area contributed by atoms with E-state index in [9.17, 15) is 14.0 Å². The van der Waals surface area contributed by atoms with Crippen LogP contribution in [0.3, 0.4) is 0 Å². The highest BCUT2D eigenvalue weighted by molar-refractivity contribution is 9.10. The maximum absolute atomic E-state index is 14.0. The molecule has 0 amide bonds. The lowest BCUT2D eigenvalue weighted by Crippen LogP contribution is -2.06. The van der Waals surface area contributed by atoms with Gasteiger partial charge < -0.3 is 13.6 Å². The Bertz CT molecular complexity index is 1640. The molecule has 8 heteroatoms. The fourth-order valence-corrected chi connectivity index (χ4v) is 4.16. The zero-order valence-electron chi connectivity index (χ0n) is 16.7. The summed E-state index contributed by atoms with van der Waals surface area (Å²) in [6.07, 6.45) is 0. The summed E-state index contributed by atoms with van der Waals surface area (Å²) >= 11 is 9.45. The van der Waals surface area contributed by atoms with Crippen molar-refractivity contribution in [3.63, 3.8) is 0 Å². The molecule has 5 aromatic rings. The summed E-state index contributed by atoms with van der Waals surface area (Å²) in [4.78, 5) is 25.0. The number of benzene rings is 3. The second-order valence-corrected chi connectivity index (χ2v) is 8.58. The molecule has 0 bridgehead atoms. The molecule has 2 heterocycles. The third kappa shape index (κ3) is 4.17. The van der Waals surface area contributed by atoms with E-state index >= 15 is 0 Å². The molecule has 2 aromatic heterocycles. The highest BCUT2D eigenvalue weighted by atomic mass is 79.9. The van der Waals surface area contributed by atoms with E-state index in [1.807, 2.05) is 6.07 Å². The van der Waals surface area contributed by atoms with Crippen molar-refractivity contribution in [1.29, 1.82) is 0 Å². The summed E-state index contributed by atoms with van der Waals surface area (Å²) in [6.45, 7) is -0.107. The van der Waals surface area contributed by atoms with Crippen molar-refractivity contribution in [2.75, 3.05) is 0 Å². The van der Waals surface area contributed by atoms with Gasteiger partial charge in [-0.05, 0) is 48.5 Å². The van der Waals surface area contributed by atoms with E-state index in [1.54, 1.807) is 36.4 Å². The molecule has 0 fully saturated rings. The highest BCUT2D eigenvalue weighted by Gasteiger charge is 2.15. The minimum absolute atomic E-state index is 0.107. The van der Waals surface area contributed by atoms with E-state index < -0.39 is 17.1 Å². The predicted molar refractivity (Wildman–Crippen MR) is 127 cm³/mol. The minimum Gasteiger partial charge on any atom is -0.489 e. The van der Waals surface area contributed by atoms with Crippen LogP contribution in [-0.4, -0.2) is 0 Å². The first-order chi connectivity index (χ1) is 15.9. The van der Waals surface area contributed by atoms with Crippen molar-refractivity contribution in [2.24, 2.45) is 0 Å². The summed E-state index contributed by atoms with van der Waals surface area (Å²) in [5.41, 5.74) is 0.247. The molecule has 5 nitrogen and oxygen atoms in total. The zero-order valence-corrected chi connectivity index (χ0v) is 19.1. The maximum atomic E-state index is 14.0. The Morgan fingerprint density at radius 3 is 2.58 bits per heavy atom. The van der Waals surface area contributed by atoms with E-state index in [1.165, 1.54) is 24.3 Å². The average Bonchev–Trinajstić information content (AvgIpc) is 2.78. The molecular weight excluding hydrogens is 515 g/mol. The van der Waals surface area contributed by atoms with Crippen LogP contribution >= 0.6 is 27.5 Å². The quantitative estimate of drug-likeness (QED) is 0.243. The van der Waals surface area contributed by atoms with Crippen molar-refractivity contribution in [1.82, 2.24) is 0 Å². The smallest absolute Gasteiger partial charge is 0.344 e. The first-order valence-electron chi connectivity index (χ1n) is 9.76. The van der Waals surface area contributed by atoms with Gasteiger partial charge in [0.15, 0.2) is 0 Å². The third-order valence-electron chi connectivity index (χ3n) is 5.15. The lowest BCUT2D eigenvalue weighted by molar-refractivity contribution is 0.300. The summed E-state index contributed by atoms with van der Waals surface area (Å²) in [7, 11) is 0. The molecule has 3 aromatic carbocycles. The van der Waals surface area contributed by atoms with Crippen LogP contribution in [0.4, 0.5) is 4.39 Å². The van der Waals surface area contributed by atoms with Gasteiger partial charge in [0, 0.05) is 38.5 Å². The van der Waals surface area contributed by atoms with Crippen LogP contribution in [0.1, 0.15) is 5.56 Å². The van der Waals surface area contributed by atoms with E-state index in [0.717, 1.165) is 4.47 Å². The van der Waals surface area contributed by atoms with Gasteiger partial charge >= 0.3 is 11.3 Å². The molecule has 0 atom stereocenters. The van der Waals surface area contributed by atoms with Crippen LogP contribution in [-0.2, 0) is 6.61 Å². The second-order valence-electron chi connectivity index (χ2n) is 7.26. The number of rotatable bonds is 4. The zero-order chi connectivity index (χ0) is 23.1. The van der Waals surface area contributed by atoms with Crippen molar-refractivity contribution in [3.05, 3.63) is 108 Å². The van der Waals surface area contributed by atoms with Crippen LogP contribution in [0.25, 0.3) is 33.1 Å². The monoisotopic (exact) mass is 526 g/mol. The molecule has 0 aliphatic rings. The second kappa shape index (κ2) is 8.50. The fourth-order valence-electron chi connectivity index (χ4n) is 3.56. The molecule has 0 saturated carbocycles. The van der Waals surface area contributed by atoms with Gasteiger partial charge in [-0.25, -0.2) is 14.0 Å². The van der Waals surface area contributed by atoms with Crippen LogP contribution in [0, 0.1) is 5.82 Å². The number of halogens is 3. The topological polar surface area (TPSA) is 69.7 Å². The summed E-state index contributed by atoms with van der Waals surface area (Å²) < 4.78 is 31.3. The van der Waals surface area contributed by atoms with Gasteiger partial charge in [-0.3, -0.25) is 0 Å². The van der Waals surface area contributed by atoms with Gasteiger partial charge in [-0.15, -0.1) is 0 Å². The Labute approximate surface area is 199 Å². The van der Waals surface area contributed by atoms with Crippen molar-refractivity contribution >= 4 is 49.5 Å². The van der Waals surface area contributed by atoms with Crippen LogP contribution < -0.4 is 16.0 Å². The Hall–Kier alpha value is -3.42. The molecule has 33 heavy (non-hydrogen) atoms. The fraction of sp³-hybridized carbons (Fsp3) is 0.0400. The van der Waals surface area contributed by atoms with Gasteiger partial charge in [-0.1, -0.05) is 33.6 Å². The molecule has 0 unspecified atom stereocenters.